The number of phenols is 1. The minimum atomic E-state index is 0.141. The van der Waals surface area contributed by atoms with Gasteiger partial charge in [-0.05, 0) is 26.2 Å². The zero-order chi connectivity index (χ0) is 11.5. The number of aromatic nitrogens is 2. The van der Waals surface area contributed by atoms with Crippen LogP contribution in [0.1, 0.15) is 5.82 Å². The van der Waals surface area contributed by atoms with Gasteiger partial charge in [0.15, 0.2) is 5.82 Å². The normalized spacial score (nSPS) is 10.9. The SMILES string of the molecule is CN(C)Cc1noc(-c2ccccc2O)n1. The minimum Gasteiger partial charge on any atom is -0.507 e. The summed E-state index contributed by atoms with van der Waals surface area (Å²) in [6.07, 6.45) is 0. The summed E-state index contributed by atoms with van der Waals surface area (Å²) in [7, 11) is 3.85. The van der Waals surface area contributed by atoms with Gasteiger partial charge < -0.3 is 14.5 Å². The number of benzene rings is 1. The molecule has 1 aromatic heterocycles. The average Bonchev–Trinajstić information content (AvgIpc) is 2.66. The molecule has 84 valence electrons. The summed E-state index contributed by atoms with van der Waals surface area (Å²) in [6.45, 7) is 0.608. The second kappa shape index (κ2) is 4.32. The Morgan fingerprint density at radius 2 is 2.06 bits per heavy atom. The van der Waals surface area contributed by atoms with E-state index in [-0.39, 0.29) is 5.75 Å². The molecule has 2 rings (SSSR count). The van der Waals surface area contributed by atoms with Crippen LogP contribution in [0.4, 0.5) is 0 Å². The maximum atomic E-state index is 9.62. The molecule has 1 heterocycles. The molecule has 0 radical (unpaired) electrons. The molecular formula is C11H13N3O2. The Kier molecular flexibility index (Phi) is 2.87. The van der Waals surface area contributed by atoms with Crippen LogP contribution in [0, 0.1) is 0 Å². The van der Waals surface area contributed by atoms with Gasteiger partial charge in [0.25, 0.3) is 5.89 Å². The summed E-state index contributed by atoms with van der Waals surface area (Å²) in [6, 6.07) is 6.88. The molecule has 0 aliphatic carbocycles. The van der Waals surface area contributed by atoms with E-state index in [2.05, 4.69) is 10.1 Å². The third-order valence-corrected chi connectivity index (χ3v) is 2.06. The number of rotatable bonds is 3. The molecule has 0 unspecified atom stereocenters. The van der Waals surface area contributed by atoms with Crippen LogP contribution in [0.15, 0.2) is 28.8 Å². The van der Waals surface area contributed by atoms with Crippen LogP contribution in [0.3, 0.4) is 0 Å². The quantitative estimate of drug-likeness (QED) is 0.847. The minimum absolute atomic E-state index is 0.141. The molecule has 0 bridgehead atoms. The lowest BCUT2D eigenvalue weighted by Crippen LogP contribution is -2.11. The highest BCUT2D eigenvalue weighted by atomic mass is 16.5. The Hall–Kier alpha value is -1.88. The maximum Gasteiger partial charge on any atom is 0.261 e. The second-order valence-electron chi connectivity index (χ2n) is 3.77. The first-order chi connectivity index (χ1) is 7.66. The molecule has 0 fully saturated rings. The van der Waals surface area contributed by atoms with Crippen molar-refractivity contribution in [3.63, 3.8) is 0 Å². The fourth-order valence-electron chi connectivity index (χ4n) is 1.36. The van der Waals surface area contributed by atoms with Gasteiger partial charge in [0.1, 0.15) is 5.75 Å². The van der Waals surface area contributed by atoms with Crippen LogP contribution in [0.25, 0.3) is 11.5 Å². The summed E-state index contributed by atoms with van der Waals surface area (Å²) in [4.78, 5) is 6.15. The Labute approximate surface area is 93.3 Å². The summed E-state index contributed by atoms with van der Waals surface area (Å²) in [5, 5.41) is 13.5. The first-order valence-electron chi connectivity index (χ1n) is 4.92. The fraction of sp³-hybridized carbons (Fsp3) is 0.273. The molecule has 0 saturated heterocycles. The van der Waals surface area contributed by atoms with Crippen LogP contribution in [-0.2, 0) is 6.54 Å². The smallest absolute Gasteiger partial charge is 0.261 e. The second-order valence-corrected chi connectivity index (χ2v) is 3.77. The van der Waals surface area contributed by atoms with Crippen molar-refractivity contribution in [1.82, 2.24) is 15.0 Å². The van der Waals surface area contributed by atoms with Gasteiger partial charge in [0.05, 0.1) is 12.1 Å². The molecule has 0 aliphatic rings. The molecule has 5 heteroatoms. The van der Waals surface area contributed by atoms with Crippen molar-refractivity contribution in [2.45, 2.75) is 6.54 Å². The van der Waals surface area contributed by atoms with Crippen LogP contribution in [0.5, 0.6) is 5.75 Å². The molecule has 16 heavy (non-hydrogen) atoms. The van der Waals surface area contributed by atoms with Crippen molar-refractivity contribution in [3.8, 4) is 17.2 Å². The Morgan fingerprint density at radius 1 is 1.31 bits per heavy atom. The molecule has 0 spiro atoms. The maximum absolute atomic E-state index is 9.62. The van der Waals surface area contributed by atoms with Gasteiger partial charge in [-0.1, -0.05) is 17.3 Å². The van der Waals surface area contributed by atoms with Crippen molar-refractivity contribution in [2.75, 3.05) is 14.1 Å². The van der Waals surface area contributed by atoms with E-state index in [9.17, 15) is 5.11 Å². The molecule has 0 saturated carbocycles. The van der Waals surface area contributed by atoms with Crippen LogP contribution < -0.4 is 0 Å². The molecule has 0 amide bonds. The summed E-state index contributed by atoms with van der Waals surface area (Å²) in [5.41, 5.74) is 0.556. The van der Waals surface area contributed by atoms with Gasteiger partial charge >= 0.3 is 0 Å². The number of aromatic hydroxyl groups is 1. The lowest BCUT2D eigenvalue weighted by Gasteiger charge is -2.03. The predicted molar refractivity (Wildman–Crippen MR) is 58.8 cm³/mol. The highest BCUT2D eigenvalue weighted by molar-refractivity contribution is 5.61. The zero-order valence-corrected chi connectivity index (χ0v) is 9.21. The highest BCUT2D eigenvalue weighted by Crippen LogP contribution is 2.26. The van der Waals surface area contributed by atoms with E-state index in [1.807, 2.05) is 25.1 Å². The first-order valence-corrected chi connectivity index (χ1v) is 4.92. The van der Waals surface area contributed by atoms with Gasteiger partial charge in [-0.25, -0.2) is 0 Å². The summed E-state index contributed by atoms with van der Waals surface area (Å²) >= 11 is 0. The van der Waals surface area contributed by atoms with Gasteiger partial charge in [0.2, 0.25) is 0 Å². The molecule has 1 N–H and O–H groups in total. The Morgan fingerprint density at radius 3 is 2.75 bits per heavy atom. The van der Waals surface area contributed by atoms with E-state index in [0.29, 0.717) is 23.8 Å². The van der Waals surface area contributed by atoms with Crippen molar-refractivity contribution in [2.24, 2.45) is 0 Å². The monoisotopic (exact) mass is 219 g/mol. The third kappa shape index (κ3) is 2.20. The Bertz CT molecular complexity index is 480. The largest absolute Gasteiger partial charge is 0.507 e. The van der Waals surface area contributed by atoms with E-state index in [0.717, 1.165) is 0 Å². The lowest BCUT2D eigenvalue weighted by molar-refractivity contribution is 0.365. The van der Waals surface area contributed by atoms with Crippen LogP contribution in [-0.4, -0.2) is 34.2 Å². The Balaban J connectivity index is 2.28. The van der Waals surface area contributed by atoms with E-state index in [4.69, 9.17) is 4.52 Å². The van der Waals surface area contributed by atoms with Gasteiger partial charge in [0, 0.05) is 0 Å². The summed E-state index contributed by atoms with van der Waals surface area (Å²) in [5.74, 6) is 1.08. The lowest BCUT2D eigenvalue weighted by atomic mass is 10.2. The van der Waals surface area contributed by atoms with Crippen molar-refractivity contribution < 1.29 is 9.63 Å². The number of para-hydroxylation sites is 1. The van der Waals surface area contributed by atoms with Gasteiger partial charge in [-0.2, -0.15) is 4.98 Å². The van der Waals surface area contributed by atoms with Crippen molar-refractivity contribution in [3.05, 3.63) is 30.1 Å². The van der Waals surface area contributed by atoms with Crippen LogP contribution >= 0.6 is 0 Å². The van der Waals surface area contributed by atoms with Gasteiger partial charge in [-0.15, -0.1) is 0 Å². The molecule has 0 atom stereocenters. The van der Waals surface area contributed by atoms with E-state index >= 15 is 0 Å². The first kappa shape index (κ1) is 10.6. The van der Waals surface area contributed by atoms with Gasteiger partial charge in [-0.3, -0.25) is 0 Å². The standard InChI is InChI=1S/C11H13N3O2/c1-14(2)7-10-12-11(16-13-10)8-5-3-4-6-9(8)15/h3-6,15H,7H2,1-2H3. The third-order valence-electron chi connectivity index (χ3n) is 2.06. The molecule has 5 nitrogen and oxygen atoms in total. The van der Waals surface area contributed by atoms with Crippen molar-refractivity contribution >= 4 is 0 Å². The van der Waals surface area contributed by atoms with Crippen LogP contribution in [0.2, 0.25) is 0 Å². The number of hydrogen-bond donors (Lipinski definition) is 1. The summed E-state index contributed by atoms with van der Waals surface area (Å²) < 4.78 is 5.08. The molecular weight excluding hydrogens is 206 g/mol. The van der Waals surface area contributed by atoms with Crippen molar-refractivity contribution in [1.29, 1.82) is 0 Å². The highest BCUT2D eigenvalue weighted by Gasteiger charge is 2.12. The topological polar surface area (TPSA) is 62.4 Å². The fourth-order valence-corrected chi connectivity index (χ4v) is 1.36. The molecule has 2 aromatic rings. The number of nitrogens with zero attached hydrogens (tertiary/aromatic N) is 3. The van der Waals surface area contributed by atoms with E-state index < -0.39 is 0 Å². The molecule has 0 aliphatic heterocycles. The molecule has 1 aromatic carbocycles. The number of hydrogen-bond acceptors (Lipinski definition) is 5. The predicted octanol–water partition coefficient (Wildman–Crippen LogP) is 1.50. The van der Waals surface area contributed by atoms with E-state index in [1.54, 1.807) is 18.2 Å². The zero-order valence-electron chi connectivity index (χ0n) is 9.21. The number of phenolic OH excluding ortho intramolecular Hbond substituents is 1. The van der Waals surface area contributed by atoms with E-state index in [1.165, 1.54) is 0 Å². The average molecular weight is 219 g/mol.